The van der Waals surface area contributed by atoms with E-state index >= 15 is 0 Å². The molecule has 3 heterocycles. The third-order valence-electron chi connectivity index (χ3n) is 8.64. The number of hydrogen-bond acceptors (Lipinski definition) is 4. The zero-order chi connectivity index (χ0) is 29.2. The number of hydrogen-bond donors (Lipinski definition) is 3. The van der Waals surface area contributed by atoms with Gasteiger partial charge in [0, 0.05) is 38.4 Å². The number of aromatic amines is 1. The van der Waals surface area contributed by atoms with E-state index in [1.807, 2.05) is 66.9 Å². The van der Waals surface area contributed by atoms with Gasteiger partial charge >= 0.3 is 17.8 Å². The molecule has 2 atom stereocenters. The number of benzene rings is 2. The number of carboxylic acid groups (broad SMARTS) is 1. The number of urea groups is 1. The smallest absolute Gasteiger partial charge is 0.407 e. The van der Waals surface area contributed by atoms with Crippen molar-refractivity contribution in [3.63, 3.8) is 0 Å². The average molecular weight is 573 g/mol. The third-order valence-corrected chi connectivity index (χ3v) is 8.64. The second-order valence-corrected chi connectivity index (χ2v) is 11.5. The van der Waals surface area contributed by atoms with Crippen molar-refractivity contribution in [2.24, 2.45) is 5.92 Å². The lowest BCUT2D eigenvalue weighted by atomic mass is 10.0. The average Bonchev–Trinajstić information content (AvgIpc) is 3.77. The van der Waals surface area contributed by atoms with Crippen LogP contribution >= 0.6 is 0 Å². The van der Waals surface area contributed by atoms with Crippen LogP contribution in [0.15, 0.2) is 71.7 Å². The number of carbonyl (C=O) groups excluding carboxylic acids is 2. The minimum Gasteiger partial charge on any atom is -0.465 e. The van der Waals surface area contributed by atoms with E-state index in [4.69, 9.17) is 0 Å². The minimum atomic E-state index is -1.13. The van der Waals surface area contributed by atoms with Crippen LogP contribution in [0.3, 0.4) is 0 Å². The number of amides is 4. The Labute approximate surface area is 243 Å². The Hall–Kier alpha value is -4.54. The molecule has 1 unspecified atom stereocenters. The van der Waals surface area contributed by atoms with Gasteiger partial charge in [-0.25, -0.2) is 14.4 Å². The predicted octanol–water partition coefficient (Wildman–Crippen LogP) is 3.53. The summed E-state index contributed by atoms with van der Waals surface area (Å²) in [5, 5.41) is 13.0. The quantitative estimate of drug-likeness (QED) is 0.416. The van der Waals surface area contributed by atoms with Crippen LogP contribution in [-0.4, -0.2) is 86.2 Å². The Balaban J connectivity index is 1.14. The SMILES string of the molecule is O=C(N[C@@H]1CN(C(=O)O)C(c2ccccc2)CN(CC2CC2)C1=O)N1CCC(n2cc(-c3ccccc3)[nH]c2=O)CC1. The monoisotopic (exact) mass is 572 g/mol. The Morgan fingerprint density at radius 2 is 1.57 bits per heavy atom. The van der Waals surface area contributed by atoms with E-state index in [9.17, 15) is 24.3 Å². The fraction of sp³-hybridized carbons (Fsp3) is 0.419. The molecule has 3 aromatic rings. The molecule has 11 heteroatoms. The molecule has 42 heavy (non-hydrogen) atoms. The molecule has 3 N–H and O–H groups in total. The van der Waals surface area contributed by atoms with Gasteiger partial charge in [0.2, 0.25) is 5.91 Å². The summed E-state index contributed by atoms with van der Waals surface area (Å²) in [6, 6.07) is 17.0. The predicted molar refractivity (Wildman–Crippen MR) is 156 cm³/mol. The summed E-state index contributed by atoms with van der Waals surface area (Å²) in [6.07, 6.45) is 3.97. The molecule has 0 bridgehead atoms. The molecule has 2 aromatic carbocycles. The zero-order valence-electron chi connectivity index (χ0n) is 23.4. The summed E-state index contributed by atoms with van der Waals surface area (Å²) in [5.41, 5.74) is 2.32. The first-order chi connectivity index (χ1) is 20.4. The number of rotatable bonds is 6. The normalized spacial score (nSPS) is 21.7. The number of nitrogens with one attached hydrogen (secondary N) is 2. The summed E-state index contributed by atoms with van der Waals surface area (Å²) in [4.78, 5) is 59.8. The van der Waals surface area contributed by atoms with Gasteiger partial charge in [-0.1, -0.05) is 60.7 Å². The van der Waals surface area contributed by atoms with Crippen molar-refractivity contribution in [1.82, 2.24) is 29.6 Å². The van der Waals surface area contributed by atoms with Crippen molar-refractivity contribution in [3.05, 3.63) is 82.9 Å². The molecule has 3 aliphatic rings. The van der Waals surface area contributed by atoms with Crippen LogP contribution in [0.2, 0.25) is 0 Å². The van der Waals surface area contributed by atoms with E-state index in [0.29, 0.717) is 38.4 Å². The second kappa shape index (κ2) is 11.8. The first kappa shape index (κ1) is 27.6. The number of H-pyrrole nitrogens is 1. The zero-order valence-corrected chi connectivity index (χ0v) is 23.4. The van der Waals surface area contributed by atoms with E-state index in [1.54, 1.807) is 14.4 Å². The molecular weight excluding hydrogens is 536 g/mol. The van der Waals surface area contributed by atoms with Crippen molar-refractivity contribution in [2.45, 2.75) is 43.8 Å². The molecule has 1 aromatic heterocycles. The van der Waals surface area contributed by atoms with Crippen LogP contribution < -0.4 is 11.0 Å². The molecule has 0 radical (unpaired) electrons. The number of aromatic nitrogens is 2. The minimum absolute atomic E-state index is 0.0575. The molecule has 4 amide bonds. The summed E-state index contributed by atoms with van der Waals surface area (Å²) < 4.78 is 1.70. The van der Waals surface area contributed by atoms with Crippen LogP contribution in [0.1, 0.15) is 43.3 Å². The van der Waals surface area contributed by atoms with Crippen molar-refractivity contribution in [2.75, 3.05) is 32.7 Å². The van der Waals surface area contributed by atoms with E-state index in [-0.39, 0.29) is 30.7 Å². The van der Waals surface area contributed by atoms with Gasteiger partial charge in [-0.15, -0.1) is 0 Å². The van der Waals surface area contributed by atoms with Crippen molar-refractivity contribution in [3.8, 4) is 11.3 Å². The van der Waals surface area contributed by atoms with Gasteiger partial charge in [-0.2, -0.15) is 0 Å². The molecule has 11 nitrogen and oxygen atoms in total. The summed E-state index contributed by atoms with van der Waals surface area (Å²) in [5.74, 6) is 0.165. The first-order valence-electron chi connectivity index (χ1n) is 14.6. The van der Waals surface area contributed by atoms with Crippen molar-refractivity contribution < 1.29 is 19.5 Å². The van der Waals surface area contributed by atoms with E-state index in [0.717, 1.165) is 29.7 Å². The summed E-state index contributed by atoms with van der Waals surface area (Å²) in [7, 11) is 0. The highest BCUT2D eigenvalue weighted by Crippen LogP contribution is 2.33. The second-order valence-electron chi connectivity index (χ2n) is 11.5. The largest absolute Gasteiger partial charge is 0.465 e. The van der Waals surface area contributed by atoms with E-state index < -0.39 is 24.2 Å². The van der Waals surface area contributed by atoms with Crippen LogP contribution in [0.25, 0.3) is 11.3 Å². The van der Waals surface area contributed by atoms with Crippen LogP contribution in [0.5, 0.6) is 0 Å². The lowest BCUT2D eigenvalue weighted by Gasteiger charge is -2.34. The molecule has 2 saturated heterocycles. The Bertz CT molecular complexity index is 1480. The Kier molecular flexibility index (Phi) is 7.73. The lowest BCUT2D eigenvalue weighted by Crippen LogP contribution is -2.55. The highest BCUT2D eigenvalue weighted by Gasteiger charge is 2.41. The number of carbonyl (C=O) groups is 3. The standard InChI is InChI=1S/C31H36N6O5/c38-28-26(19-37(31(41)42)27(23-9-5-2-6-10-23)20-35(28)17-21-11-12-21)33-29(39)34-15-13-24(14-16-34)36-18-25(32-30(36)40)22-7-3-1-4-8-22/h1-10,18,21,24,26-27H,11-17,19-20H2,(H,32,40)(H,33,39)(H,41,42)/t26-,27?/m1/s1. The highest BCUT2D eigenvalue weighted by molar-refractivity contribution is 5.88. The van der Waals surface area contributed by atoms with Crippen LogP contribution in [-0.2, 0) is 4.79 Å². The molecule has 1 saturated carbocycles. The maximum Gasteiger partial charge on any atom is 0.407 e. The maximum atomic E-state index is 13.7. The van der Waals surface area contributed by atoms with Gasteiger partial charge < -0.3 is 25.2 Å². The molecule has 6 rings (SSSR count). The van der Waals surface area contributed by atoms with E-state index in [1.165, 1.54) is 4.90 Å². The van der Waals surface area contributed by atoms with Gasteiger partial charge in [0.25, 0.3) is 0 Å². The lowest BCUT2D eigenvalue weighted by molar-refractivity contribution is -0.132. The molecule has 2 aliphatic heterocycles. The van der Waals surface area contributed by atoms with Crippen LogP contribution in [0.4, 0.5) is 9.59 Å². The molecule has 0 spiro atoms. The molecule has 1 aliphatic carbocycles. The molecule has 3 fully saturated rings. The van der Waals surface area contributed by atoms with Gasteiger partial charge in [-0.05, 0) is 42.7 Å². The number of piperidine rings is 1. The fourth-order valence-electron chi connectivity index (χ4n) is 6.11. The number of nitrogens with zero attached hydrogens (tertiary/aromatic N) is 4. The van der Waals surface area contributed by atoms with Gasteiger partial charge in [0.1, 0.15) is 6.04 Å². The van der Waals surface area contributed by atoms with Gasteiger partial charge in [0.05, 0.1) is 18.3 Å². The first-order valence-corrected chi connectivity index (χ1v) is 14.6. The van der Waals surface area contributed by atoms with E-state index in [2.05, 4.69) is 10.3 Å². The highest BCUT2D eigenvalue weighted by atomic mass is 16.4. The maximum absolute atomic E-state index is 13.7. The van der Waals surface area contributed by atoms with Crippen LogP contribution in [0, 0.1) is 5.92 Å². The number of imidazole rings is 1. The summed E-state index contributed by atoms with van der Waals surface area (Å²) >= 11 is 0. The summed E-state index contributed by atoms with van der Waals surface area (Å²) in [6.45, 7) is 1.51. The fourth-order valence-corrected chi connectivity index (χ4v) is 6.11. The molecule has 220 valence electrons. The Morgan fingerprint density at radius 1 is 0.905 bits per heavy atom. The Morgan fingerprint density at radius 3 is 2.21 bits per heavy atom. The molecular formula is C31H36N6O5. The topological polar surface area (TPSA) is 131 Å². The van der Waals surface area contributed by atoms with Crippen molar-refractivity contribution in [1.29, 1.82) is 0 Å². The third kappa shape index (κ3) is 5.90. The van der Waals surface area contributed by atoms with Crippen molar-refractivity contribution >= 4 is 18.0 Å². The van der Waals surface area contributed by atoms with Gasteiger partial charge in [0.15, 0.2) is 0 Å². The van der Waals surface area contributed by atoms with Gasteiger partial charge in [-0.3, -0.25) is 14.3 Å². The number of likely N-dealkylation sites (tertiary alicyclic amines) is 1.